The lowest BCUT2D eigenvalue weighted by atomic mass is 10.1. The SMILES string of the molecule is C=C[C@@H](OCc1ccccc1)[C@H](OCc1ccccc1)[C@@H]1COC(C)(C)O1. The Morgan fingerprint density at radius 2 is 1.56 bits per heavy atom. The van der Waals surface area contributed by atoms with Gasteiger partial charge in [-0.2, -0.15) is 0 Å². The van der Waals surface area contributed by atoms with E-state index in [1.165, 1.54) is 0 Å². The van der Waals surface area contributed by atoms with Crippen LogP contribution in [0.3, 0.4) is 0 Å². The van der Waals surface area contributed by atoms with E-state index in [0.29, 0.717) is 19.8 Å². The van der Waals surface area contributed by atoms with Gasteiger partial charge in [-0.15, -0.1) is 6.58 Å². The van der Waals surface area contributed by atoms with Crippen molar-refractivity contribution >= 4 is 0 Å². The van der Waals surface area contributed by atoms with E-state index in [1.54, 1.807) is 6.08 Å². The number of ether oxygens (including phenoxy) is 4. The van der Waals surface area contributed by atoms with E-state index < -0.39 is 5.79 Å². The monoisotopic (exact) mass is 368 g/mol. The molecule has 2 aromatic carbocycles. The van der Waals surface area contributed by atoms with Gasteiger partial charge in [0.15, 0.2) is 5.79 Å². The molecule has 2 aromatic rings. The Kier molecular flexibility index (Phi) is 6.80. The standard InChI is InChI=1S/C23H28O4/c1-4-20(24-15-18-11-7-5-8-12-18)22(21-17-26-23(2,3)27-21)25-16-19-13-9-6-10-14-19/h4-14,20-22H,1,15-17H2,2-3H3/t20-,21+,22+/m1/s1. The number of hydrogen-bond acceptors (Lipinski definition) is 4. The first-order chi connectivity index (χ1) is 13.1. The molecule has 0 spiro atoms. The Balaban J connectivity index is 1.69. The summed E-state index contributed by atoms with van der Waals surface area (Å²) in [5.41, 5.74) is 2.21. The second-order valence-corrected chi connectivity index (χ2v) is 7.13. The summed E-state index contributed by atoms with van der Waals surface area (Å²) in [5.74, 6) is -0.621. The Hall–Kier alpha value is -1.98. The summed E-state index contributed by atoms with van der Waals surface area (Å²) in [5, 5.41) is 0. The highest BCUT2D eigenvalue weighted by atomic mass is 16.8. The lowest BCUT2D eigenvalue weighted by Gasteiger charge is -2.30. The van der Waals surface area contributed by atoms with E-state index in [-0.39, 0.29) is 18.3 Å². The van der Waals surface area contributed by atoms with E-state index in [9.17, 15) is 0 Å². The highest BCUT2D eigenvalue weighted by Crippen LogP contribution is 2.28. The zero-order chi connectivity index (χ0) is 19.1. The third-order valence-corrected chi connectivity index (χ3v) is 4.52. The molecule has 1 heterocycles. The quantitative estimate of drug-likeness (QED) is 0.611. The smallest absolute Gasteiger partial charge is 0.163 e. The zero-order valence-electron chi connectivity index (χ0n) is 16.0. The maximum absolute atomic E-state index is 6.25. The average Bonchev–Trinajstić information content (AvgIpc) is 3.05. The lowest BCUT2D eigenvalue weighted by molar-refractivity contribution is -0.173. The van der Waals surface area contributed by atoms with Crippen LogP contribution in [0, 0.1) is 0 Å². The maximum Gasteiger partial charge on any atom is 0.163 e. The van der Waals surface area contributed by atoms with Crippen LogP contribution in [-0.4, -0.2) is 30.7 Å². The fourth-order valence-electron chi connectivity index (χ4n) is 3.12. The molecule has 1 fully saturated rings. The molecule has 0 amide bonds. The molecule has 0 radical (unpaired) electrons. The number of hydrogen-bond donors (Lipinski definition) is 0. The Morgan fingerprint density at radius 3 is 2.04 bits per heavy atom. The summed E-state index contributed by atoms with van der Waals surface area (Å²) in [6.07, 6.45) is 0.944. The van der Waals surface area contributed by atoms with Gasteiger partial charge in [-0.3, -0.25) is 0 Å². The van der Waals surface area contributed by atoms with Crippen molar-refractivity contribution in [1.82, 2.24) is 0 Å². The Labute approximate surface area is 161 Å². The molecule has 1 aliphatic rings. The second kappa shape index (κ2) is 9.29. The molecule has 27 heavy (non-hydrogen) atoms. The van der Waals surface area contributed by atoms with Gasteiger partial charge in [0, 0.05) is 0 Å². The summed E-state index contributed by atoms with van der Waals surface area (Å²) in [7, 11) is 0. The molecule has 4 nitrogen and oxygen atoms in total. The van der Waals surface area contributed by atoms with Gasteiger partial charge >= 0.3 is 0 Å². The van der Waals surface area contributed by atoms with Gasteiger partial charge in [0.25, 0.3) is 0 Å². The van der Waals surface area contributed by atoms with Crippen molar-refractivity contribution in [3.8, 4) is 0 Å². The molecule has 3 rings (SSSR count). The minimum atomic E-state index is -0.621. The zero-order valence-corrected chi connectivity index (χ0v) is 16.0. The van der Waals surface area contributed by atoms with Crippen LogP contribution < -0.4 is 0 Å². The molecule has 4 heteroatoms. The number of rotatable bonds is 9. The van der Waals surface area contributed by atoms with Gasteiger partial charge in [0.1, 0.15) is 18.3 Å². The third kappa shape index (κ3) is 5.75. The molecule has 0 N–H and O–H groups in total. The Morgan fingerprint density at radius 1 is 1.00 bits per heavy atom. The largest absolute Gasteiger partial charge is 0.368 e. The molecule has 0 aromatic heterocycles. The summed E-state index contributed by atoms with van der Waals surface area (Å²) in [4.78, 5) is 0. The van der Waals surface area contributed by atoms with E-state index in [1.807, 2.05) is 74.5 Å². The minimum absolute atomic E-state index is 0.220. The fourth-order valence-corrected chi connectivity index (χ4v) is 3.12. The second-order valence-electron chi connectivity index (χ2n) is 7.13. The predicted molar refractivity (Wildman–Crippen MR) is 105 cm³/mol. The van der Waals surface area contributed by atoms with Crippen molar-refractivity contribution in [3.63, 3.8) is 0 Å². The summed E-state index contributed by atoms with van der Waals surface area (Å²) in [6.45, 7) is 9.21. The van der Waals surface area contributed by atoms with Crippen molar-refractivity contribution in [2.24, 2.45) is 0 Å². The van der Waals surface area contributed by atoms with Gasteiger partial charge in [-0.25, -0.2) is 0 Å². The Bertz CT molecular complexity index is 699. The first-order valence-corrected chi connectivity index (χ1v) is 9.33. The highest BCUT2D eigenvalue weighted by molar-refractivity contribution is 5.14. The molecule has 0 aliphatic carbocycles. The normalized spacial score (nSPS) is 20.9. The first kappa shape index (κ1) is 19.8. The van der Waals surface area contributed by atoms with Crippen molar-refractivity contribution in [2.75, 3.05) is 6.61 Å². The maximum atomic E-state index is 6.25. The molecular formula is C23H28O4. The van der Waals surface area contributed by atoms with E-state index in [4.69, 9.17) is 18.9 Å². The molecular weight excluding hydrogens is 340 g/mol. The van der Waals surface area contributed by atoms with E-state index in [0.717, 1.165) is 11.1 Å². The highest BCUT2D eigenvalue weighted by Gasteiger charge is 2.41. The van der Waals surface area contributed by atoms with Gasteiger partial charge in [0.05, 0.1) is 19.8 Å². The summed E-state index contributed by atoms with van der Waals surface area (Å²) >= 11 is 0. The van der Waals surface area contributed by atoms with Crippen LogP contribution >= 0.6 is 0 Å². The average molecular weight is 368 g/mol. The lowest BCUT2D eigenvalue weighted by Crippen LogP contribution is -2.42. The first-order valence-electron chi connectivity index (χ1n) is 9.33. The van der Waals surface area contributed by atoms with E-state index in [2.05, 4.69) is 6.58 Å². The van der Waals surface area contributed by atoms with Gasteiger partial charge in [-0.1, -0.05) is 66.7 Å². The molecule has 3 atom stereocenters. The summed E-state index contributed by atoms with van der Waals surface area (Å²) < 4.78 is 24.2. The van der Waals surface area contributed by atoms with Crippen LogP contribution in [0.1, 0.15) is 25.0 Å². The van der Waals surface area contributed by atoms with Crippen molar-refractivity contribution < 1.29 is 18.9 Å². The van der Waals surface area contributed by atoms with Crippen molar-refractivity contribution in [1.29, 1.82) is 0 Å². The molecule has 1 saturated heterocycles. The van der Waals surface area contributed by atoms with Crippen LogP contribution in [0.25, 0.3) is 0 Å². The van der Waals surface area contributed by atoms with Crippen LogP contribution in [0.5, 0.6) is 0 Å². The van der Waals surface area contributed by atoms with Gasteiger partial charge in [-0.05, 0) is 25.0 Å². The van der Waals surface area contributed by atoms with E-state index >= 15 is 0 Å². The van der Waals surface area contributed by atoms with Crippen LogP contribution in [0.4, 0.5) is 0 Å². The van der Waals surface area contributed by atoms with Crippen molar-refractivity contribution in [3.05, 3.63) is 84.4 Å². The van der Waals surface area contributed by atoms with Crippen LogP contribution in [0.15, 0.2) is 73.3 Å². The van der Waals surface area contributed by atoms with Crippen LogP contribution in [0.2, 0.25) is 0 Å². The molecule has 1 aliphatic heterocycles. The molecule has 0 unspecified atom stereocenters. The van der Waals surface area contributed by atoms with Crippen LogP contribution in [-0.2, 0) is 32.2 Å². The minimum Gasteiger partial charge on any atom is -0.368 e. The predicted octanol–water partition coefficient (Wildman–Crippen LogP) is 4.49. The molecule has 0 saturated carbocycles. The van der Waals surface area contributed by atoms with Crippen molar-refractivity contribution in [2.45, 2.75) is 51.2 Å². The summed E-state index contributed by atoms with van der Waals surface area (Å²) in [6, 6.07) is 20.2. The molecule has 144 valence electrons. The number of benzene rings is 2. The molecule has 0 bridgehead atoms. The van der Waals surface area contributed by atoms with Gasteiger partial charge in [0.2, 0.25) is 0 Å². The third-order valence-electron chi connectivity index (χ3n) is 4.52. The topological polar surface area (TPSA) is 36.9 Å². The fraction of sp³-hybridized carbons (Fsp3) is 0.391. The van der Waals surface area contributed by atoms with Gasteiger partial charge < -0.3 is 18.9 Å².